The van der Waals surface area contributed by atoms with Crippen LogP contribution in [0.3, 0.4) is 0 Å². The maximum absolute atomic E-state index is 12.8. The summed E-state index contributed by atoms with van der Waals surface area (Å²) in [4.78, 5) is 11.5. The van der Waals surface area contributed by atoms with Gasteiger partial charge in [0.1, 0.15) is 10.7 Å². The third-order valence-electron chi connectivity index (χ3n) is 3.69. The van der Waals surface area contributed by atoms with Gasteiger partial charge in [0.2, 0.25) is 15.8 Å². The molecule has 0 bridgehead atoms. The lowest BCUT2D eigenvalue weighted by atomic mass is 10.1. The van der Waals surface area contributed by atoms with Crippen molar-refractivity contribution in [1.82, 2.24) is 4.31 Å². The quantitative estimate of drug-likeness (QED) is 0.819. The molecule has 0 aromatic carbocycles. The Balaban J connectivity index is 0.00000242. The molecule has 7 nitrogen and oxygen atoms in total. The SMILES string of the molecule is COC(=O)c1cc(S(=O)(=O)N2CCCCC2CN)c(C)o1.Cl. The normalized spacial score (nSPS) is 19.5. The molecule has 1 fully saturated rings. The molecule has 1 aromatic heterocycles. The number of methoxy groups -OCH3 is 1. The Bertz CT molecular complexity index is 628. The second kappa shape index (κ2) is 7.45. The van der Waals surface area contributed by atoms with Gasteiger partial charge in [-0.2, -0.15) is 4.31 Å². The zero-order chi connectivity index (χ0) is 15.6. The maximum Gasteiger partial charge on any atom is 0.373 e. The minimum Gasteiger partial charge on any atom is -0.463 e. The van der Waals surface area contributed by atoms with Gasteiger partial charge in [0.25, 0.3) is 0 Å². The van der Waals surface area contributed by atoms with Gasteiger partial charge >= 0.3 is 5.97 Å². The van der Waals surface area contributed by atoms with Gasteiger partial charge in [-0.15, -0.1) is 12.4 Å². The number of halogens is 1. The van der Waals surface area contributed by atoms with Gasteiger partial charge in [-0.3, -0.25) is 0 Å². The number of rotatable bonds is 4. The zero-order valence-corrected chi connectivity index (χ0v) is 14.2. The van der Waals surface area contributed by atoms with Gasteiger partial charge in [0, 0.05) is 25.2 Å². The van der Waals surface area contributed by atoms with E-state index in [0.717, 1.165) is 19.3 Å². The van der Waals surface area contributed by atoms with Crippen molar-refractivity contribution in [2.24, 2.45) is 5.73 Å². The Morgan fingerprint density at radius 2 is 2.18 bits per heavy atom. The fourth-order valence-corrected chi connectivity index (χ4v) is 4.44. The molecule has 1 aromatic rings. The van der Waals surface area contributed by atoms with Crippen LogP contribution in [-0.4, -0.2) is 44.9 Å². The van der Waals surface area contributed by atoms with Crippen LogP contribution in [0.1, 0.15) is 35.6 Å². The molecule has 0 spiro atoms. The number of hydrogen-bond donors (Lipinski definition) is 1. The van der Waals surface area contributed by atoms with Gasteiger partial charge in [-0.1, -0.05) is 6.42 Å². The smallest absolute Gasteiger partial charge is 0.373 e. The molecule has 9 heteroatoms. The first-order valence-electron chi connectivity index (χ1n) is 6.82. The number of nitrogens with two attached hydrogens (primary N) is 1. The highest BCUT2D eigenvalue weighted by Crippen LogP contribution is 2.28. The molecule has 1 aliphatic heterocycles. The van der Waals surface area contributed by atoms with Crippen molar-refractivity contribution in [2.45, 2.75) is 37.1 Å². The number of esters is 1. The summed E-state index contributed by atoms with van der Waals surface area (Å²) in [6, 6.07) is 1.01. The van der Waals surface area contributed by atoms with E-state index in [1.807, 2.05) is 0 Å². The molecule has 0 radical (unpaired) electrons. The number of ether oxygens (including phenoxy) is 1. The van der Waals surface area contributed by atoms with Gasteiger partial charge in [0.05, 0.1) is 7.11 Å². The number of carbonyl (C=O) groups is 1. The van der Waals surface area contributed by atoms with Crippen molar-refractivity contribution < 1.29 is 22.4 Å². The van der Waals surface area contributed by atoms with Crippen molar-refractivity contribution in [1.29, 1.82) is 0 Å². The number of nitrogens with zero attached hydrogens (tertiary/aromatic N) is 1. The Kier molecular flexibility index (Phi) is 6.42. The van der Waals surface area contributed by atoms with Crippen LogP contribution in [0.4, 0.5) is 0 Å². The first-order valence-corrected chi connectivity index (χ1v) is 8.26. The van der Waals surface area contributed by atoms with E-state index in [4.69, 9.17) is 10.2 Å². The maximum atomic E-state index is 12.8. The Morgan fingerprint density at radius 3 is 2.77 bits per heavy atom. The van der Waals surface area contributed by atoms with E-state index >= 15 is 0 Å². The van der Waals surface area contributed by atoms with Crippen molar-refractivity contribution in [3.63, 3.8) is 0 Å². The molecule has 1 atom stereocenters. The van der Waals surface area contributed by atoms with Crippen molar-refractivity contribution >= 4 is 28.4 Å². The first-order chi connectivity index (χ1) is 9.91. The zero-order valence-electron chi connectivity index (χ0n) is 12.6. The summed E-state index contributed by atoms with van der Waals surface area (Å²) in [6.45, 7) is 2.23. The van der Waals surface area contributed by atoms with Crippen LogP contribution in [-0.2, 0) is 14.8 Å². The third-order valence-corrected chi connectivity index (χ3v) is 5.75. The lowest BCUT2D eigenvalue weighted by molar-refractivity contribution is 0.0563. The fraction of sp³-hybridized carbons (Fsp3) is 0.615. The highest BCUT2D eigenvalue weighted by molar-refractivity contribution is 7.89. The summed E-state index contributed by atoms with van der Waals surface area (Å²) in [5.74, 6) is -0.639. The topological polar surface area (TPSA) is 103 Å². The second-order valence-electron chi connectivity index (χ2n) is 5.02. The third kappa shape index (κ3) is 3.45. The fourth-order valence-electron chi connectivity index (χ4n) is 2.58. The molecule has 0 amide bonds. The Labute approximate surface area is 136 Å². The largest absolute Gasteiger partial charge is 0.463 e. The van der Waals surface area contributed by atoms with Crippen LogP contribution in [0.15, 0.2) is 15.4 Å². The van der Waals surface area contributed by atoms with E-state index in [9.17, 15) is 13.2 Å². The minimum absolute atomic E-state index is 0. The Morgan fingerprint density at radius 1 is 1.50 bits per heavy atom. The minimum atomic E-state index is -3.72. The standard InChI is InChI=1S/C13H20N2O5S.ClH/c1-9-12(7-11(20-9)13(16)19-2)21(17,18)15-6-4-3-5-10(15)8-14;/h7,10H,3-6,8,14H2,1-2H3;1H. The number of sulfonamides is 1. The average molecular weight is 353 g/mol. The van der Waals surface area contributed by atoms with Gasteiger partial charge < -0.3 is 14.9 Å². The number of aryl methyl sites for hydroxylation is 1. The molecule has 2 heterocycles. The molecule has 126 valence electrons. The monoisotopic (exact) mass is 352 g/mol. The van der Waals surface area contributed by atoms with E-state index in [1.54, 1.807) is 0 Å². The summed E-state index contributed by atoms with van der Waals surface area (Å²) in [7, 11) is -2.51. The predicted molar refractivity (Wildman–Crippen MR) is 82.6 cm³/mol. The van der Waals surface area contributed by atoms with E-state index in [2.05, 4.69) is 4.74 Å². The highest BCUT2D eigenvalue weighted by atomic mass is 35.5. The van der Waals surface area contributed by atoms with Crippen LogP contribution in [0.2, 0.25) is 0 Å². The first kappa shape index (κ1) is 19.0. The van der Waals surface area contributed by atoms with Crippen LogP contribution >= 0.6 is 12.4 Å². The molecule has 1 unspecified atom stereocenters. The van der Waals surface area contributed by atoms with Crippen LogP contribution in [0.25, 0.3) is 0 Å². The van der Waals surface area contributed by atoms with Crippen molar-refractivity contribution in [3.8, 4) is 0 Å². The molecule has 2 rings (SSSR count). The van der Waals surface area contributed by atoms with E-state index in [-0.39, 0.29) is 41.4 Å². The van der Waals surface area contributed by atoms with E-state index in [1.165, 1.54) is 24.4 Å². The van der Waals surface area contributed by atoms with Crippen molar-refractivity contribution in [2.75, 3.05) is 20.2 Å². The van der Waals surface area contributed by atoms with Crippen molar-refractivity contribution in [3.05, 3.63) is 17.6 Å². The van der Waals surface area contributed by atoms with E-state index < -0.39 is 16.0 Å². The van der Waals surface area contributed by atoms with Gasteiger partial charge in [0.15, 0.2) is 0 Å². The average Bonchev–Trinajstić information content (AvgIpc) is 2.89. The summed E-state index contributed by atoms with van der Waals surface area (Å²) in [5.41, 5.74) is 5.68. The molecule has 0 aliphatic carbocycles. The Hall–Kier alpha value is -1.09. The molecule has 2 N–H and O–H groups in total. The van der Waals surface area contributed by atoms with Crippen LogP contribution < -0.4 is 5.73 Å². The number of hydrogen-bond acceptors (Lipinski definition) is 6. The van der Waals surface area contributed by atoms with Crippen LogP contribution in [0, 0.1) is 6.92 Å². The molecule has 1 aliphatic rings. The highest BCUT2D eigenvalue weighted by Gasteiger charge is 2.35. The molecule has 1 saturated heterocycles. The lowest BCUT2D eigenvalue weighted by Crippen LogP contribution is -2.47. The summed E-state index contributed by atoms with van der Waals surface area (Å²) in [5, 5.41) is 0. The van der Waals surface area contributed by atoms with E-state index in [0.29, 0.717) is 6.54 Å². The predicted octanol–water partition coefficient (Wildman–Crippen LogP) is 1.30. The molecule has 22 heavy (non-hydrogen) atoms. The molecule has 0 saturated carbocycles. The second-order valence-corrected chi connectivity index (χ2v) is 6.88. The summed E-state index contributed by atoms with van der Waals surface area (Å²) >= 11 is 0. The number of piperidine rings is 1. The number of carbonyl (C=O) groups excluding carboxylic acids is 1. The molecular weight excluding hydrogens is 332 g/mol. The van der Waals surface area contributed by atoms with Gasteiger partial charge in [-0.25, -0.2) is 13.2 Å². The van der Waals surface area contributed by atoms with Gasteiger partial charge in [-0.05, 0) is 19.8 Å². The lowest BCUT2D eigenvalue weighted by Gasteiger charge is -2.33. The van der Waals surface area contributed by atoms with Crippen LogP contribution in [0.5, 0.6) is 0 Å². The number of furan rings is 1. The molecular formula is C13H21ClN2O5S. The summed E-state index contributed by atoms with van der Waals surface area (Å²) in [6.07, 6.45) is 2.51. The summed E-state index contributed by atoms with van der Waals surface area (Å²) < 4.78 is 36.7.